The zero-order chi connectivity index (χ0) is 10.9. The normalized spacial score (nSPS) is 17.4. The van der Waals surface area contributed by atoms with Gasteiger partial charge < -0.3 is 10.6 Å². The Balaban J connectivity index is 2.00. The highest BCUT2D eigenvalue weighted by molar-refractivity contribution is 7.80. The average molecular weight is 228 g/mol. The van der Waals surface area contributed by atoms with Crippen LogP contribution in [0.25, 0.3) is 0 Å². The molecule has 15 heavy (non-hydrogen) atoms. The van der Waals surface area contributed by atoms with Crippen molar-refractivity contribution in [1.29, 1.82) is 0 Å². The summed E-state index contributed by atoms with van der Waals surface area (Å²) < 4.78 is 0. The molecule has 0 spiro atoms. The van der Waals surface area contributed by atoms with Crippen LogP contribution in [0.5, 0.6) is 0 Å². The maximum absolute atomic E-state index is 5.21. The van der Waals surface area contributed by atoms with Gasteiger partial charge in [0.15, 0.2) is 5.11 Å². The maximum Gasteiger partial charge on any atom is 0.166 e. The molecular formula is C12H24N2S. The van der Waals surface area contributed by atoms with Crippen molar-refractivity contribution in [3.63, 3.8) is 0 Å². The van der Waals surface area contributed by atoms with Crippen LogP contribution in [0.2, 0.25) is 0 Å². The zero-order valence-corrected chi connectivity index (χ0v) is 10.7. The van der Waals surface area contributed by atoms with Crippen LogP contribution in [0.4, 0.5) is 0 Å². The summed E-state index contributed by atoms with van der Waals surface area (Å²) in [5.74, 6) is 0.852. The van der Waals surface area contributed by atoms with E-state index in [1.165, 1.54) is 44.9 Å². The molecule has 0 radical (unpaired) electrons. The lowest BCUT2D eigenvalue weighted by molar-refractivity contribution is 0.356. The molecule has 0 aromatic carbocycles. The second kappa shape index (κ2) is 7.91. The van der Waals surface area contributed by atoms with Crippen molar-refractivity contribution in [3.05, 3.63) is 0 Å². The minimum atomic E-state index is 0.842. The van der Waals surface area contributed by atoms with E-state index in [2.05, 4.69) is 17.6 Å². The number of hydrogen-bond donors (Lipinski definition) is 2. The average Bonchev–Trinajstić information content (AvgIpc) is 2.28. The zero-order valence-electron chi connectivity index (χ0n) is 9.85. The summed E-state index contributed by atoms with van der Waals surface area (Å²) in [5.41, 5.74) is 0. The third-order valence-electron chi connectivity index (χ3n) is 3.09. The van der Waals surface area contributed by atoms with Gasteiger partial charge in [-0.25, -0.2) is 0 Å². The fraction of sp³-hybridized carbons (Fsp3) is 0.917. The molecule has 0 saturated heterocycles. The molecule has 0 amide bonds. The Kier molecular flexibility index (Phi) is 6.73. The van der Waals surface area contributed by atoms with Crippen LogP contribution in [0, 0.1) is 5.92 Å². The Bertz CT molecular complexity index is 176. The number of thiocarbonyl (C=S) groups is 1. The van der Waals surface area contributed by atoms with Gasteiger partial charge >= 0.3 is 0 Å². The van der Waals surface area contributed by atoms with E-state index in [1.54, 1.807) is 0 Å². The minimum Gasteiger partial charge on any atom is -0.363 e. The minimum absolute atomic E-state index is 0.842. The molecule has 0 aliphatic heterocycles. The van der Waals surface area contributed by atoms with E-state index in [0.29, 0.717) is 0 Å². The molecular weight excluding hydrogens is 204 g/mol. The van der Waals surface area contributed by atoms with Gasteiger partial charge in [0.05, 0.1) is 0 Å². The standard InChI is InChI=1S/C12H24N2S/c1-2-3-9-13-12(15)14-10-11-7-5-4-6-8-11/h11H,2-10H2,1H3,(H2,13,14,15). The summed E-state index contributed by atoms with van der Waals surface area (Å²) in [6.45, 7) is 4.27. The van der Waals surface area contributed by atoms with Gasteiger partial charge in [0.2, 0.25) is 0 Å². The smallest absolute Gasteiger partial charge is 0.166 e. The summed E-state index contributed by atoms with van der Waals surface area (Å²) in [7, 11) is 0. The lowest BCUT2D eigenvalue weighted by Crippen LogP contribution is -2.38. The fourth-order valence-corrected chi connectivity index (χ4v) is 2.25. The molecule has 3 heteroatoms. The van der Waals surface area contributed by atoms with Crippen LogP contribution in [0.3, 0.4) is 0 Å². The fourth-order valence-electron chi connectivity index (χ4n) is 2.07. The van der Waals surface area contributed by atoms with E-state index in [4.69, 9.17) is 12.2 Å². The second-order valence-electron chi connectivity index (χ2n) is 4.49. The predicted octanol–water partition coefficient (Wildman–Crippen LogP) is 2.83. The first-order valence-corrected chi connectivity index (χ1v) is 6.75. The third-order valence-corrected chi connectivity index (χ3v) is 3.38. The molecule has 2 N–H and O–H groups in total. The summed E-state index contributed by atoms with van der Waals surface area (Å²) in [6, 6.07) is 0. The van der Waals surface area contributed by atoms with Crippen molar-refractivity contribution in [2.75, 3.05) is 13.1 Å². The van der Waals surface area contributed by atoms with Crippen molar-refractivity contribution in [3.8, 4) is 0 Å². The van der Waals surface area contributed by atoms with Crippen molar-refractivity contribution in [1.82, 2.24) is 10.6 Å². The third kappa shape index (κ3) is 5.98. The van der Waals surface area contributed by atoms with Crippen LogP contribution in [0.1, 0.15) is 51.9 Å². The number of rotatable bonds is 5. The lowest BCUT2D eigenvalue weighted by Gasteiger charge is -2.22. The second-order valence-corrected chi connectivity index (χ2v) is 4.90. The summed E-state index contributed by atoms with van der Waals surface area (Å²) >= 11 is 5.21. The molecule has 1 aliphatic carbocycles. The van der Waals surface area contributed by atoms with E-state index in [9.17, 15) is 0 Å². The number of hydrogen-bond acceptors (Lipinski definition) is 1. The molecule has 0 heterocycles. The lowest BCUT2D eigenvalue weighted by atomic mass is 9.89. The molecule has 2 nitrogen and oxygen atoms in total. The molecule has 1 saturated carbocycles. The number of unbranched alkanes of at least 4 members (excludes halogenated alkanes) is 1. The molecule has 0 unspecified atom stereocenters. The van der Waals surface area contributed by atoms with Crippen LogP contribution in [0.15, 0.2) is 0 Å². The summed E-state index contributed by atoms with van der Waals surface area (Å²) in [4.78, 5) is 0. The highest BCUT2D eigenvalue weighted by Gasteiger charge is 2.12. The molecule has 88 valence electrons. The molecule has 1 rings (SSSR count). The van der Waals surface area contributed by atoms with Gasteiger partial charge in [0.25, 0.3) is 0 Å². The Labute approximate surface area is 99.2 Å². The molecule has 0 aromatic heterocycles. The topological polar surface area (TPSA) is 24.1 Å². The quantitative estimate of drug-likeness (QED) is 0.559. The Morgan fingerprint density at radius 3 is 2.60 bits per heavy atom. The van der Waals surface area contributed by atoms with Gasteiger partial charge in [-0.3, -0.25) is 0 Å². The first-order valence-electron chi connectivity index (χ1n) is 6.34. The number of nitrogens with one attached hydrogen (secondary N) is 2. The van der Waals surface area contributed by atoms with Gasteiger partial charge in [-0.2, -0.15) is 0 Å². The summed E-state index contributed by atoms with van der Waals surface area (Å²) in [6.07, 6.45) is 9.42. The van der Waals surface area contributed by atoms with Crippen LogP contribution >= 0.6 is 12.2 Å². The summed E-state index contributed by atoms with van der Waals surface area (Å²) in [5, 5.41) is 7.42. The molecule has 0 bridgehead atoms. The maximum atomic E-state index is 5.21. The molecule has 1 fully saturated rings. The first-order chi connectivity index (χ1) is 7.33. The monoisotopic (exact) mass is 228 g/mol. The Morgan fingerprint density at radius 1 is 1.20 bits per heavy atom. The first kappa shape index (κ1) is 12.8. The van der Waals surface area contributed by atoms with Crippen LogP contribution in [-0.2, 0) is 0 Å². The van der Waals surface area contributed by atoms with Crippen molar-refractivity contribution in [2.24, 2.45) is 5.92 Å². The van der Waals surface area contributed by atoms with Gasteiger partial charge in [0.1, 0.15) is 0 Å². The molecule has 0 atom stereocenters. The van der Waals surface area contributed by atoms with Crippen molar-refractivity contribution < 1.29 is 0 Å². The van der Waals surface area contributed by atoms with E-state index >= 15 is 0 Å². The van der Waals surface area contributed by atoms with Crippen LogP contribution in [-0.4, -0.2) is 18.2 Å². The van der Waals surface area contributed by atoms with E-state index in [-0.39, 0.29) is 0 Å². The van der Waals surface area contributed by atoms with Crippen LogP contribution < -0.4 is 10.6 Å². The molecule has 1 aliphatic rings. The largest absolute Gasteiger partial charge is 0.363 e. The Morgan fingerprint density at radius 2 is 1.93 bits per heavy atom. The van der Waals surface area contributed by atoms with Gasteiger partial charge in [-0.15, -0.1) is 0 Å². The van der Waals surface area contributed by atoms with E-state index in [1.807, 2.05) is 0 Å². The highest BCUT2D eigenvalue weighted by atomic mass is 32.1. The van der Waals surface area contributed by atoms with Crippen molar-refractivity contribution in [2.45, 2.75) is 51.9 Å². The van der Waals surface area contributed by atoms with Gasteiger partial charge in [-0.05, 0) is 37.4 Å². The Hall–Kier alpha value is -0.310. The molecule has 0 aromatic rings. The van der Waals surface area contributed by atoms with Gasteiger partial charge in [0, 0.05) is 13.1 Å². The van der Waals surface area contributed by atoms with E-state index in [0.717, 1.165) is 24.1 Å². The SMILES string of the molecule is CCCCNC(=S)NCC1CCCCC1. The van der Waals surface area contributed by atoms with Gasteiger partial charge in [-0.1, -0.05) is 32.6 Å². The van der Waals surface area contributed by atoms with E-state index < -0.39 is 0 Å². The predicted molar refractivity (Wildman–Crippen MR) is 70.1 cm³/mol. The highest BCUT2D eigenvalue weighted by Crippen LogP contribution is 2.22. The van der Waals surface area contributed by atoms with Crippen molar-refractivity contribution >= 4 is 17.3 Å².